The van der Waals surface area contributed by atoms with Crippen LogP contribution in [0.4, 0.5) is 0 Å². The second-order valence-corrected chi connectivity index (χ2v) is 2.15. The van der Waals surface area contributed by atoms with Gasteiger partial charge in [-0.3, -0.25) is 0 Å². The molecule has 0 unspecified atom stereocenters. The smallest absolute Gasteiger partial charge is 0.0106 e. The summed E-state index contributed by atoms with van der Waals surface area (Å²) in [6.07, 6.45) is 2.66. The molecule has 0 fully saturated rings. The first-order valence-corrected chi connectivity index (χ1v) is 3.07. The number of phenols is 1. The molecule has 1 rings (SSSR count). The molecule has 11 heavy (non-hydrogen) atoms. The van der Waals surface area contributed by atoms with E-state index in [0.717, 1.165) is 5.56 Å². The molecule has 0 atom stereocenters. The third-order valence-electron chi connectivity index (χ3n) is 1.43. The minimum absolute atomic E-state index is 0. The van der Waals surface area contributed by atoms with Gasteiger partial charge in [-0.1, -0.05) is 19.1 Å². The van der Waals surface area contributed by atoms with Gasteiger partial charge in [-0.05, 0) is 0 Å². The van der Waals surface area contributed by atoms with E-state index in [1.54, 1.807) is 12.1 Å². The van der Waals surface area contributed by atoms with E-state index >= 15 is 0 Å². The fourth-order valence-electron chi connectivity index (χ4n) is 0.882. The van der Waals surface area contributed by atoms with Crippen molar-refractivity contribution in [2.45, 2.75) is 6.92 Å². The number of hydrogen-bond donors (Lipinski definition) is 1. The second-order valence-electron chi connectivity index (χ2n) is 2.15. The fourth-order valence-corrected chi connectivity index (χ4v) is 0.882. The SMILES string of the molecule is C=[C-]c1c(C)cccc1O.[W]. The maximum Gasteiger partial charge on any atom is 0.0106 e. The van der Waals surface area contributed by atoms with Gasteiger partial charge in [0.15, 0.2) is 0 Å². The molecule has 0 radical (unpaired) electrons. The average Bonchev–Trinajstić information content (AvgIpc) is 1.88. The molecular weight excluding hydrogens is 308 g/mol. The molecule has 0 saturated carbocycles. The monoisotopic (exact) mass is 317 g/mol. The van der Waals surface area contributed by atoms with Crippen LogP contribution in [0, 0.1) is 13.0 Å². The molecule has 0 aliphatic heterocycles. The number of phenolic OH excluding ortho intramolecular Hbond substituents is 1. The van der Waals surface area contributed by atoms with Crippen molar-refractivity contribution in [3.8, 4) is 5.75 Å². The van der Waals surface area contributed by atoms with E-state index in [2.05, 4.69) is 12.7 Å². The summed E-state index contributed by atoms with van der Waals surface area (Å²) in [4.78, 5) is 0. The summed E-state index contributed by atoms with van der Waals surface area (Å²) in [7, 11) is 0. The van der Waals surface area contributed by atoms with Crippen molar-refractivity contribution in [1.82, 2.24) is 0 Å². The Hall–Kier alpha value is -0.552. The first-order chi connectivity index (χ1) is 4.75. The topological polar surface area (TPSA) is 20.2 Å². The predicted molar refractivity (Wildman–Crippen MR) is 40.8 cm³/mol. The van der Waals surface area contributed by atoms with Crippen molar-refractivity contribution in [2.24, 2.45) is 0 Å². The summed E-state index contributed by atoms with van der Waals surface area (Å²) >= 11 is 0. The quantitative estimate of drug-likeness (QED) is 0.786. The summed E-state index contributed by atoms with van der Waals surface area (Å²) in [5.74, 6) is 0.245. The second kappa shape index (κ2) is 4.35. The molecule has 0 aromatic heterocycles. The average molecular weight is 317 g/mol. The van der Waals surface area contributed by atoms with Crippen LogP contribution in [-0.4, -0.2) is 5.11 Å². The van der Waals surface area contributed by atoms with Gasteiger partial charge in [0.25, 0.3) is 0 Å². The molecule has 1 nitrogen and oxygen atoms in total. The van der Waals surface area contributed by atoms with E-state index < -0.39 is 0 Å². The van der Waals surface area contributed by atoms with Gasteiger partial charge in [0.1, 0.15) is 0 Å². The van der Waals surface area contributed by atoms with Gasteiger partial charge in [0.05, 0.1) is 0 Å². The van der Waals surface area contributed by atoms with Crippen LogP contribution in [0.2, 0.25) is 0 Å². The zero-order valence-corrected chi connectivity index (χ0v) is 9.23. The Morgan fingerprint density at radius 1 is 1.45 bits per heavy atom. The number of rotatable bonds is 1. The van der Waals surface area contributed by atoms with E-state index in [4.69, 9.17) is 0 Å². The van der Waals surface area contributed by atoms with E-state index in [9.17, 15) is 5.11 Å². The molecule has 0 heterocycles. The summed E-state index contributed by atoms with van der Waals surface area (Å²) in [6, 6.07) is 5.33. The van der Waals surface area contributed by atoms with Crippen molar-refractivity contribution in [1.29, 1.82) is 0 Å². The third kappa shape index (κ3) is 2.20. The summed E-state index contributed by atoms with van der Waals surface area (Å²) in [6.45, 7) is 5.38. The number of hydrogen-bond acceptors (Lipinski definition) is 1. The molecule has 1 aromatic rings. The fraction of sp³-hybridized carbons (Fsp3) is 0.111. The molecule has 0 amide bonds. The number of benzene rings is 1. The van der Waals surface area contributed by atoms with Crippen LogP contribution in [0.5, 0.6) is 5.75 Å². The Morgan fingerprint density at radius 3 is 2.45 bits per heavy atom. The van der Waals surface area contributed by atoms with E-state index in [1.165, 1.54) is 0 Å². The molecule has 0 saturated heterocycles. The standard InChI is InChI=1S/C9H9O.W/c1-3-8-7(2)5-4-6-9(8)10;/h4-6,10H,1H2,2H3;/q-1;. The minimum Gasteiger partial charge on any atom is -0.565 e. The maximum absolute atomic E-state index is 9.19. The van der Waals surface area contributed by atoms with Crippen molar-refractivity contribution < 1.29 is 26.2 Å². The first kappa shape index (κ1) is 10.4. The Labute approximate surface area is 81.0 Å². The Balaban J connectivity index is 0.000001000. The van der Waals surface area contributed by atoms with Gasteiger partial charge in [-0.15, -0.1) is 17.2 Å². The van der Waals surface area contributed by atoms with Crippen molar-refractivity contribution in [2.75, 3.05) is 0 Å². The molecule has 0 aliphatic rings. The van der Waals surface area contributed by atoms with Crippen LogP contribution in [0.25, 0.3) is 0 Å². The van der Waals surface area contributed by atoms with E-state index in [0.29, 0.717) is 5.56 Å². The zero-order valence-electron chi connectivity index (χ0n) is 6.29. The molecule has 58 valence electrons. The van der Waals surface area contributed by atoms with Crippen LogP contribution in [0.15, 0.2) is 24.8 Å². The molecular formula is C9H9OW-. The first-order valence-electron chi connectivity index (χ1n) is 3.07. The maximum atomic E-state index is 9.19. The van der Waals surface area contributed by atoms with Crippen molar-refractivity contribution in [3.05, 3.63) is 42.0 Å². The van der Waals surface area contributed by atoms with Gasteiger partial charge < -0.3 is 5.11 Å². The number of aryl methyl sites for hydroxylation is 1. The molecule has 0 spiro atoms. The summed E-state index contributed by atoms with van der Waals surface area (Å²) < 4.78 is 0. The van der Waals surface area contributed by atoms with E-state index in [1.807, 2.05) is 13.0 Å². The number of aromatic hydroxyl groups is 1. The Morgan fingerprint density at radius 2 is 2.09 bits per heavy atom. The molecule has 2 heteroatoms. The van der Waals surface area contributed by atoms with E-state index in [-0.39, 0.29) is 26.8 Å². The van der Waals surface area contributed by atoms with Crippen molar-refractivity contribution in [3.63, 3.8) is 0 Å². The largest absolute Gasteiger partial charge is 0.565 e. The third-order valence-corrected chi connectivity index (χ3v) is 1.43. The minimum atomic E-state index is 0. The zero-order chi connectivity index (χ0) is 7.56. The normalized spacial score (nSPS) is 8.45. The summed E-state index contributed by atoms with van der Waals surface area (Å²) in [5.41, 5.74) is 1.69. The van der Waals surface area contributed by atoms with Crippen LogP contribution in [-0.2, 0) is 21.1 Å². The van der Waals surface area contributed by atoms with Gasteiger partial charge in [-0.2, -0.15) is 12.7 Å². The van der Waals surface area contributed by atoms with Crippen LogP contribution in [0.1, 0.15) is 11.1 Å². The molecule has 0 bridgehead atoms. The Kier molecular flexibility index (Phi) is 4.13. The molecule has 1 N–H and O–H groups in total. The van der Waals surface area contributed by atoms with Gasteiger partial charge in [0.2, 0.25) is 0 Å². The molecule has 1 aromatic carbocycles. The van der Waals surface area contributed by atoms with Crippen LogP contribution in [0.3, 0.4) is 0 Å². The van der Waals surface area contributed by atoms with Crippen LogP contribution >= 0.6 is 0 Å². The van der Waals surface area contributed by atoms with Crippen LogP contribution < -0.4 is 0 Å². The summed E-state index contributed by atoms with van der Waals surface area (Å²) in [5, 5.41) is 9.19. The van der Waals surface area contributed by atoms with Gasteiger partial charge in [0, 0.05) is 26.8 Å². The van der Waals surface area contributed by atoms with Crippen molar-refractivity contribution >= 4 is 0 Å². The molecule has 0 aliphatic carbocycles. The predicted octanol–water partition coefficient (Wildman–Crippen LogP) is 2.04. The van der Waals surface area contributed by atoms with Gasteiger partial charge >= 0.3 is 0 Å². The van der Waals surface area contributed by atoms with Gasteiger partial charge in [-0.25, -0.2) is 0 Å². The Bertz CT molecular complexity index is 235.